The largest absolute Gasteiger partial charge is 0.333 e. The number of thioether (sulfide) groups is 1. The highest BCUT2D eigenvalue weighted by Gasteiger charge is 2.12. The Labute approximate surface area is 164 Å². The molecule has 0 atom stereocenters. The van der Waals surface area contributed by atoms with Crippen LogP contribution >= 0.6 is 23.4 Å². The molecule has 2 aromatic carbocycles. The molecule has 0 aliphatic rings. The molecule has 0 aliphatic carbocycles. The molecule has 0 radical (unpaired) electrons. The van der Waals surface area contributed by atoms with Crippen LogP contribution in [-0.2, 0) is 11.2 Å². The van der Waals surface area contributed by atoms with Crippen LogP contribution in [0.1, 0.15) is 12.1 Å². The average Bonchev–Trinajstić information content (AvgIpc) is 3.14. The van der Waals surface area contributed by atoms with Crippen molar-refractivity contribution in [2.75, 3.05) is 11.6 Å². The van der Waals surface area contributed by atoms with Gasteiger partial charge in [0.25, 0.3) is 0 Å². The Balaban J connectivity index is 1.82. The van der Waals surface area contributed by atoms with Gasteiger partial charge in [-0.15, -0.1) is 11.8 Å². The molecule has 0 saturated heterocycles. The molecule has 0 saturated carbocycles. The summed E-state index contributed by atoms with van der Waals surface area (Å²) in [6.07, 6.45) is 4.69. The molecule has 0 aliphatic heterocycles. The molecule has 1 N–H and O–H groups in total. The number of hydrogen-bond donors (Lipinski definition) is 1. The van der Waals surface area contributed by atoms with Gasteiger partial charge in [-0.3, -0.25) is 4.79 Å². The van der Waals surface area contributed by atoms with E-state index in [-0.39, 0.29) is 12.3 Å². The Morgan fingerprint density at radius 1 is 1.26 bits per heavy atom. The number of anilines is 1. The Kier molecular flexibility index (Phi) is 6.13. The topological polar surface area (TPSA) is 46.9 Å². The quantitative estimate of drug-likeness (QED) is 0.549. The molecular formula is C19H16ClF2N3OS. The highest BCUT2D eigenvalue weighted by atomic mass is 35.5. The second-order valence-corrected chi connectivity index (χ2v) is 7.04. The van der Waals surface area contributed by atoms with E-state index in [1.165, 1.54) is 24.2 Å². The van der Waals surface area contributed by atoms with Crippen molar-refractivity contribution in [3.05, 3.63) is 65.4 Å². The lowest BCUT2D eigenvalue weighted by Gasteiger charge is -2.10. The van der Waals surface area contributed by atoms with Crippen molar-refractivity contribution in [3.63, 3.8) is 0 Å². The van der Waals surface area contributed by atoms with Gasteiger partial charge < -0.3 is 5.32 Å². The fraction of sp³-hybridized carbons (Fsp3) is 0.158. The van der Waals surface area contributed by atoms with E-state index >= 15 is 0 Å². The van der Waals surface area contributed by atoms with Gasteiger partial charge in [0.1, 0.15) is 0 Å². The lowest BCUT2D eigenvalue weighted by molar-refractivity contribution is -0.115. The lowest BCUT2D eigenvalue weighted by Crippen LogP contribution is -2.14. The van der Waals surface area contributed by atoms with Crippen molar-refractivity contribution in [2.24, 2.45) is 0 Å². The number of aromatic nitrogens is 2. The zero-order chi connectivity index (χ0) is 19.4. The van der Waals surface area contributed by atoms with Crippen molar-refractivity contribution >= 4 is 35.0 Å². The third-order valence-electron chi connectivity index (χ3n) is 3.87. The van der Waals surface area contributed by atoms with Crippen molar-refractivity contribution < 1.29 is 13.6 Å². The number of benzene rings is 2. The van der Waals surface area contributed by atoms with Crippen LogP contribution in [0.3, 0.4) is 0 Å². The standard InChI is InChI=1S/C19H16ClF2N3OS/c1-27-16-7-13(14-10-23-25(11-14)19(21)22)6-15(9-16)24-18(26)8-12-4-2-3-5-17(12)20/h2-7,9-11,19H,8H2,1H3,(H,24,26). The van der Waals surface area contributed by atoms with Gasteiger partial charge in [0.15, 0.2) is 0 Å². The van der Waals surface area contributed by atoms with Crippen LogP contribution in [0.5, 0.6) is 0 Å². The second kappa shape index (κ2) is 8.54. The van der Waals surface area contributed by atoms with E-state index in [1.807, 2.05) is 24.5 Å². The first-order chi connectivity index (χ1) is 13.0. The van der Waals surface area contributed by atoms with Gasteiger partial charge >= 0.3 is 6.55 Å². The minimum absolute atomic E-state index is 0.141. The van der Waals surface area contributed by atoms with Gasteiger partial charge in [-0.1, -0.05) is 29.8 Å². The van der Waals surface area contributed by atoms with Crippen molar-refractivity contribution in [2.45, 2.75) is 17.9 Å². The predicted molar refractivity (Wildman–Crippen MR) is 104 cm³/mol. The Bertz CT molecular complexity index is 962. The number of nitrogens with one attached hydrogen (secondary N) is 1. The minimum Gasteiger partial charge on any atom is -0.326 e. The Morgan fingerprint density at radius 3 is 2.70 bits per heavy atom. The molecule has 0 bridgehead atoms. The highest BCUT2D eigenvalue weighted by Crippen LogP contribution is 2.29. The van der Waals surface area contributed by atoms with Crippen LogP contribution < -0.4 is 5.32 Å². The van der Waals surface area contributed by atoms with Gasteiger partial charge in [0, 0.05) is 27.4 Å². The zero-order valence-corrected chi connectivity index (χ0v) is 15.9. The van der Waals surface area contributed by atoms with Crippen LogP contribution in [0.25, 0.3) is 11.1 Å². The van der Waals surface area contributed by atoms with E-state index in [4.69, 9.17) is 11.6 Å². The SMILES string of the molecule is CSc1cc(NC(=O)Cc2ccccc2Cl)cc(-c2cnn(C(F)F)c2)c1. The first-order valence-corrected chi connectivity index (χ1v) is 9.61. The number of carbonyl (C=O) groups excluding carboxylic acids is 1. The molecule has 8 heteroatoms. The maximum Gasteiger partial charge on any atom is 0.333 e. The maximum absolute atomic E-state index is 12.8. The summed E-state index contributed by atoms with van der Waals surface area (Å²) in [6, 6.07) is 12.6. The summed E-state index contributed by atoms with van der Waals surface area (Å²) in [5.41, 5.74) is 2.56. The first kappa shape index (κ1) is 19.4. The summed E-state index contributed by atoms with van der Waals surface area (Å²) in [4.78, 5) is 13.3. The van der Waals surface area contributed by atoms with Crippen LogP contribution in [0.4, 0.5) is 14.5 Å². The molecule has 1 aromatic heterocycles. The number of carbonyl (C=O) groups is 1. The summed E-state index contributed by atoms with van der Waals surface area (Å²) >= 11 is 7.59. The van der Waals surface area contributed by atoms with Gasteiger partial charge in [-0.2, -0.15) is 13.9 Å². The molecule has 4 nitrogen and oxygen atoms in total. The number of amides is 1. The molecular weight excluding hydrogens is 392 g/mol. The van der Waals surface area contributed by atoms with Crippen molar-refractivity contribution in [1.29, 1.82) is 0 Å². The van der Waals surface area contributed by atoms with Gasteiger partial charge in [0.2, 0.25) is 5.91 Å². The van der Waals surface area contributed by atoms with Gasteiger partial charge in [-0.05, 0) is 41.6 Å². The summed E-state index contributed by atoms with van der Waals surface area (Å²) in [5, 5.41) is 7.04. The molecule has 27 heavy (non-hydrogen) atoms. The monoisotopic (exact) mass is 407 g/mol. The van der Waals surface area contributed by atoms with Gasteiger partial charge in [0.05, 0.1) is 12.6 Å². The molecule has 3 aromatic rings. The molecule has 1 heterocycles. The molecule has 3 rings (SSSR count). The van der Waals surface area contributed by atoms with Gasteiger partial charge in [-0.25, -0.2) is 4.68 Å². The van der Waals surface area contributed by atoms with Crippen LogP contribution in [-0.4, -0.2) is 21.9 Å². The summed E-state index contributed by atoms with van der Waals surface area (Å²) in [7, 11) is 0. The Morgan fingerprint density at radius 2 is 2.04 bits per heavy atom. The number of hydrogen-bond acceptors (Lipinski definition) is 3. The predicted octanol–water partition coefficient (Wildman–Crippen LogP) is 5.50. The van der Waals surface area contributed by atoms with Crippen LogP contribution in [0, 0.1) is 0 Å². The third kappa shape index (κ3) is 4.87. The molecule has 0 fully saturated rings. The van der Waals surface area contributed by atoms with E-state index in [1.54, 1.807) is 24.3 Å². The van der Waals surface area contributed by atoms with Crippen LogP contribution in [0.15, 0.2) is 59.8 Å². The van der Waals surface area contributed by atoms with Crippen LogP contribution in [0.2, 0.25) is 5.02 Å². The van der Waals surface area contributed by atoms with E-state index < -0.39 is 6.55 Å². The minimum atomic E-state index is -2.70. The number of nitrogens with zero attached hydrogens (tertiary/aromatic N) is 2. The fourth-order valence-electron chi connectivity index (χ4n) is 2.57. The molecule has 140 valence electrons. The number of alkyl halides is 2. The average molecular weight is 408 g/mol. The molecule has 1 amide bonds. The summed E-state index contributed by atoms with van der Waals surface area (Å²) in [6.45, 7) is -2.70. The van der Waals surface area contributed by atoms with E-state index in [2.05, 4.69) is 10.4 Å². The summed E-state index contributed by atoms with van der Waals surface area (Å²) < 4.78 is 26.1. The number of halogens is 3. The van der Waals surface area contributed by atoms with Crippen molar-refractivity contribution in [1.82, 2.24) is 9.78 Å². The molecule has 0 spiro atoms. The van der Waals surface area contributed by atoms with E-state index in [0.717, 1.165) is 10.5 Å². The van der Waals surface area contributed by atoms with E-state index in [0.29, 0.717) is 26.5 Å². The third-order valence-corrected chi connectivity index (χ3v) is 4.95. The zero-order valence-electron chi connectivity index (χ0n) is 14.3. The highest BCUT2D eigenvalue weighted by molar-refractivity contribution is 7.98. The molecule has 0 unspecified atom stereocenters. The normalized spacial score (nSPS) is 11.0. The Hall–Kier alpha value is -2.38. The second-order valence-electron chi connectivity index (χ2n) is 5.75. The summed E-state index contributed by atoms with van der Waals surface area (Å²) in [5.74, 6) is -0.212. The number of rotatable bonds is 6. The fourth-order valence-corrected chi connectivity index (χ4v) is 3.26. The lowest BCUT2D eigenvalue weighted by atomic mass is 10.1. The van der Waals surface area contributed by atoms with Crippen molar-refractivity contribution in [3.8, 4) is 11.1 Å². The maximum atomic E-state index is 12.8. The first-order valence-electron chi connectivity index (χ1n) is 8.01. The van der Waals surface area contributed by atoms with E-state index in [9.17, 15) is 13.6 Å². The smallest absolute Gasteiger partial charge is 0.326 e.